The van der Waals surface area contributed by atoms with E-state index in [2.05, 4.69) is 15.6 Å². The molecule has 1 aromatic carbocycles. The molecule has 214 valence electrons. The molecule has 2 aliphatic rings. The number of hydrogen-bond acceptors (Lipinski definition) is 8. The Labute approximate surface area is 233 Å². The lowest BCUT2D eigenvalue weighted by atomic mass is 10.2. The van der Waals surface area contributed by atoms with Crippen LogP contribution in [0.2, 0.25) is 5.15 Å². The summed E-state index contributed by atoms with van der Waals surface area (Å²) in [5, 5.41) is 5.21. The molecule has 1 atom stereocenters. The minimum Gasteiger partial charge on any atom is -0.450 e. The van der Waals surface area contributed by atoms with Crippen molar-refractivity contribution in [3.05, 3.63) is 52.8 Å². The van der Waals surface area contributed by atoms with Crippen LogP contribution in [0.15, 0.2) is 30.5 Å². The topological polar surface area (TPSA) is 133 Å². The molecule has 40 heavy (non-hydrogen) atoms. The van der Waals surface area contributed by atoms with Gasteiger partial charge in [0.25, 0.3) is 5.91 Å². The third kappa shape index (κ3) is 6.86. The summed E-state index contributed by atoms with van der Waals surface area (Å²) in [6, 6.07) is 5.03. The van der Waals surface area contributed by atoms with Crippen LogP contribution in [-0.4, -0.2) is 92.4 Å². The Bertz CT molecular complexity index is 1250. The molecule has 0 saturated carbocycles. The standard InChI is InChI=1S/C25H27ClF2N6O6/c1-2-39-24(37)31-12-17-14-34(25(38)40-17)16-9-18(27)22(19(28)10-16)33-7-5-32(6-8-33)21(35)13-30-23(36)15-3-4-20(26)29-11-15/h3-4,9-11,17H,2,5-8,12-14H2,1H3,(H,30,36)(H,31,37)/t17-/m0/s1. The van der Waals surface area contributed by atoms with Crippen molar-refractivity contribution >= 4 is 47.0 Å². The number of halogens is 3. The van der Waals surface area contributed by atoms with Crippen molar-refractivity contribution in [2.75, 3.05) is 62.2 Å². The fourth-order valence-corrected chi connectivity index (χ4v) is 4.40. The van der Waals surface area contributed by atoms with Crippen LogP contribution < -0.4 is 20.4 Å². The van der Waals surface area contributed by atoms with Crippen molar-refractivity contribution in [2.24, 2.45) is 0 Å². The van der Waals surface area contributed by atoms with E-state index in [4.69, 9.17) is 21.1 Å². The molecule has 2 N–H and O–H groups in total. The van der Waals surface area contributed by atoms with Gasteiger partial charge in [-0.25, -0.2) is 23.4 Å². The van der Waals surface area contributed by atoms with E-state index >= 15 is 8.78 Å². The average molecular weight is 581 g/mol. The first-order valence-electron chi connectivity index (χ1n) is 12.5. The summed E-state index contributed by atoms with van der Waals surface area (Å²) < 4.78 is 40.1. The van der Waals surface area contributed by atoms with Gasteiger partial charge in [0.15, 0.2) is 11.6 Å². The molecule has 0 aliphatic carbocycles. The van der Waals surface area contributed by atoms with Crippen LogP contribution >= 0.6 is 11.6 Å². The van der Waals surface area contributed by atoms with Crippen LogP contribution in [0.5, 0.6) is 0 Å². The second-order valence-corrected chi connectivity index (χ2v) is 9.28. The molecule has 0 bridgehead atoms. The number of aromatic nitrogens is 1. The lowest BCUT2D eigenvalue weighted by Crippen LogP contribution is -2.51. The van der Waals surface area contributed by atoms with E-state index in [-0.39, 0.29) is 80.4 Å². The maximum atomic E-state index is 15.1. The Kier molecular flexibility index (Phi) is 9.19. The Morgan fingerprint density at radius 2 is 1.82 bits per heavy atom. The first-order valence-corrected chi connectivity index (χ1v) is 12.8. The van der Waals surface area contributed by atoms with Gasteiger partial charge < -0.3 is 29.9 Å². The summed E-state index contributed by atoms with van der Waals surface area (Å²) in [5.41, 5.74) is -0.0437. The number of amides is 4. The van der Waals surface area contributed by atoms with Crippen LogP contribution in [0.25, 0.3) is 0 Å². The van der Waals surface area contributed by atoms with Crippen LogP contribution in [0.3, 0.4) is 0 Å². The van der Waals surface area contributed by atoms with E-state index in [0.29, 0.717) is 0 Å². The summed E-state index contributed by atoms with van der Waals surface area (Å²) >= 11 is 5.71. The lowest BCUT2D eigenvalue weighted by molar-refractivity contribution is -0.130. The number of rotatable bonds is 8. The highest BCUT2D eigenvalue weighted by atomic mass is 35.5. The highest BCUT2D eigenvalue weighted by Crippen LogP contribution is 2.31. The fraction of sp³-hybridized carbons (Fsp3) is 0.400. The summed E-state index contributed by atoms with van der Waals surface area (Å²) in [6.07, 6.45) is -0.890. The van der Waals surface area contributed by atoms with Crippen molar-refractivity contribution in [3.8, 4) is 0 Å². The summed E-state index contributed by atoms with van der Waals surface area (Å²) in [5.74, 6) is -2.58. The second-order valence-electron chi connectivity index (χ2n) is 8.90. The lowest BCUT2D eigenvalue weighted by Gasteiger charge is -2.36. The van der Waals surface area contributed by atoms with Gasteiger partial charge >= 0.3 is 12.2 Å². The average Bonchev–Trinajstić information content (AvgIpc) is 3.31. The highest BCUT2D eigenvalue weighted by molar-refractivity contribution is 6.29. The SMILES string of the molecule is CCOC(=O)NC[C@H]1CN(c2cc(F)c(N3CCN(C(=O)CNC(=O)c4ccc(Cl)nc4)CC3)c(F)c2)C(=O)O1. The number of piperazine rings is 1. The molecule has 0 unspecified atom stereocenters. The molecule has 15 heteroatoms. The van der Waals surface area contributed by atoms with E-state index in [1.54, 1.807) is 6.92 Å². The third-order valence-electron chi connectivity index (χ3n) is 6.28. The quantitative estimate of drug-likeness (QED) is 0.454. The van der Waals surface area contributed by atoms with Crippen LogP contribution in [-0.2, 0) is 14.3 Å². The number of nitrogens with one attached hydrogen (secondary N) is 2. The molecule has 0 radical (unpaired) electrons. The van der Waals surface area contributed by atoms with Gasteiger partial charge in [-0.2, -0.15) is 0 Å². The maximum Gasteiger partial charge on any atom is 0.414 e. The maximum absolute atomic E-state index is 15.1. The number of hydrogen-bond donors (Lipinski definition) is 2. The number of ether oxygens (including phenoxy) is 2. The Morgan fingerprint density at radius 3 is 2.45 bits per heavy atom. The van der Waals surface area contributed by atoms with E-state index in [1.807, 2.05) is 0 Å². The van der Waals surface area contributed by atoms with Gasteiger partial charge in [-0.3, -0.25) is 14.5 Å². The molecule has 2 aromatic rings. The molecule has 3 heterocycles. The largest absolute Gasteiger partial charge is 0.450 e. The van der Waals surface area contributed by atoms with Gasteiger partial charge in [-0.05, 0) is 19.1 Å². The van der Waals surface area contributed by atoms with Crippen LogP contribution in [0.4, 0.5) is 29.7 Å². The second kappa shape index (κ2) is 12.8. The van der Waals surface area contributed by atoms with Gasteiger partial charge in [-0.1, -0.05) is 11.6 Å². The smallest absolute Gasteiger partial charge is 0.414 e. The fourth-order valence-electron chi connectivity index (χ4n) is 4.29. The Hall–Kier alpha value is -4.20. The van der Waals surface area contributed by atoms with Gasteiger partial charge in [0, 0.05) is 44.5 Å². The molecule has 1 aromatic heterocycles. The van der Waals surface area contributed by atoms with E-state index in [1.165, 1.54) is 28.1 Å². The summed E-state index contributed by atoms with van der Waals surface area (Å²) in [6.45, 7) is 2.22. The number of carbonyl (C=O) groups is 4. The number of nitrogens with zero attached hydrogens (tertiary/aromatic N) is 4. The molecule has 2 aliphatic heterocycles. The molecule has 2 saturated heterocycles. The minimum absolute atomic E-state index is 0.0185. The van der Waals surface area contributed by atoms with Crippen LogP contribution in [0.1, 0.15) is 17.3 Å². The van der Waals surface area contributed by atoms with Gasteiger partial charge in [-0.15, -0.1) is 0 Å². The highest BCUT2D eigenvalue weighted by Gasteiger charge is 2.34. The number of anilines is 2. The minimum atomic E-state index is -0.875. The van der Waals surface area contributed by atoms with Gasteiger partial charge in [0.05, 0.1) is 37.5 Å². The molecule has 4 amide bonds. The summed E-state index contributed by atoms with van der Waals surface area (Å²) in [7, 11) is 0. The zero-order valence-electron chi connectivity index (χ0n) is 21.5. The van der Waals surface area contributed by atoms with Crippen molar-refractivity contribution in [2.45, 2.75) is 13.0 Å². The zero-order chi connectivity index (χ0) is 28.8. The molecular formula is C25H27ClF2N6O6. The van der Waals surface area contributed by atoms with E-state index in [9.17, 15) is 19.2 Å². The summed E-state index contributed by atoms with van der Waals surface area (Å²) in [4.78, 5) is 56.4. The number of alkyl carbamates (subject to hydrolysis) is 1. The molecular weight excluding hydrogens is 554 g/mol. The molecule has 0 spiro atoms. The number of carbonyl (C=O) groups excluding carboxylic acids is 4. The molecule has 2 fully saturated rings. The monoisotopic (exact) mass is 580 g/mol. The number of benzene rings is 1. The van der Waals surface area contributed by atoms with E-state index < -0.39 is 35.8 Å². The van der Waals surface area contributed by atoms with Gasteiger partial charge in [0.1, 0.15) is 16.9 Å². The van der Waals surface area contributed by atoms with E-state index in [0.717, 1.165) is 17.0 Å². The van der Waals surface area contributed by atoms with Crippen molar-refractivity contribution in [3.63, 3.8) is 0 Å². The third-order valence-corrected chi connectivity index (χ3v) is 6.50. The predicted molar refractivity (Wildman–Crippen MR) is 139 cm³/mol. The predicted octanol–water partition coefficient (Wildman–Crippen LogP) is 2.16. The molecule has 4 rings (SSSR count). The van der Waals surface area contributed by atoms with Crippen molar-refractivity contribution < 1.29 is 37.4 Å². The van der Waals surface area contributed by atoms with Crippen molar-refractivity contribution in [1.82, 2.24) is 20.5 Å². The Balaban J connectivity index is 1.30. The first kappa shape index (κ1) is 28.8. The van der Waals surface area contributed by atoms with Crippen LogP contribution in [0, 0.1) is 11.6 Å². The first-order chi connectivity index (χ1) is 19.2. The molecule has 12 nitrogen and oxygen atoms in total. The normalized spacial score (nSPS) is 16.9. The number of pyridine rings is 1. The van der Waals surface area contributed by atoms with Gasteiger partial charge in [0.2, 0.25) is 5.91 Å². The zero-order valence-corrected chi connectivity index (χ0v) is 22.2. The number of cyclic esters (lactones) is 1. The van der Waals surface area contributed by atoms with Crippen molar-refractivity contribution in [1.29, 1.82) is 0 Å². The Morgan fingerprint density at radius 1 is 1.12 bits per heavy atom.